The van der Waals surface area contributed by atoms with Crippen molar-refractivity contribution in [2.24, 2.45) is 11.1 Å². The molecule has 1 aliphatic heterocycles. The van der Waals surface area contributed by atoms with Gasteiger partial charge in [0.25, 0.3) is 5.91 Å². The number of nitrogens with zero attached hydrogens (tertiary/aromatic N) is 3. The first kappa shape index (κ1) is 13.8. The standard InChI is InChI=1S/C14H22N4O/c1-14(9-15)5-7-18(10-14)13(19)11-4-6-16-12(8-11)17(2)3/h4,6,8H,5,7,9-10,15H2,1-3H3. The van der Waals surface area contributed by atoms with E-state index in [1.165, 1.54) is 0 Å². The summed E-state index contributed by atoms with van der Waals surface area (Å²) in [5.41, 5.74) is 6.54. The maximum Gasteiger partial charge on any atom is 0.254 e. The van der Waals surface area contributed by atoms with Gasteiger partial charge in [0, 0.05) is 38.9 Å². The van der Waals surface area contributed by atoms with Gasteiger partial charge in [0.2, 0.25) is 0 Å². The molecule has 1 atom stereocenters. The van der Waals surface area contributed by atoms with Crippen LogP contribution >= 0.6 is 0 Å². The van der Waals surface area contributed by atoms with E-state index in [9.17, 15) is 4.79 Å². The summed E-state index contributed by atoms with van der Waals surface area (Å²) in [5.74, 6) is 0.870. The molecule has 1 aromatic heterocycles. The number of anilines is 1. The van der Waals surface area contributed by atoms with Crippen LogP contribution in [0.15, 0.2) is 18.3 Å². The normalized spacial score (nSPS) is 22.6. The van der Waals surface area contributed by atoms with Crippen LogP contribution in [0.3, 0.4) is 0 Å². The third-order valence-corrected chi connectivity index (χ3v) is 3.79. The van der Waals surface area contributed by atoms with E-state index in [1.54, 1.807) is 12.3 Å². The Morgan fingerprint density at radius 2 is 2.32 bits per heavy atom. The number of aromatic nitrogens is 1. The second-order valence-electron chi connectivity index (χ2n) is 5.79. The van der Waals surface area contributed by atoms with Crippen LogP contribution in [0, 0.1) is 5.41 Å². The van der Waals surface area contributed by atoms with Crippen molar-refractivity contribution in [3.63, 3.8) is 0 Å². The van der Waals surface area contributed by atoms with Crippen LogP contribution in [0.25, 0.3) is 0 Å². The van der Waals surface area contributed by atoms with Gasteiger partial charge in [-0.2, -0.15) is 0 Å². The average molecular weight is 262 g/mol. The summed E-state index contributed by atoms with van der Waals surface area (Å²) in [5, 5.41) is 0. The van der Waals surface area contributed by atoms with Gasteiger partial charge in [-0.3, -0.25) is 4.79 Å². The van der Waals surface area contributed by atoms with E-state index in [1.807, 2.05) is 30.0 Å². The Balaban J connectivity index is 2.15. The van der Waals surface area contributed by atoms with Gasteiger partial charge in [0.1, 0.15) is 5.82 Å². The molecule has 0 bridgehead atoms. The van der Waals surface area contributed by atoms with Crippen molar-refractivity contribution in [2.45, 2.75) is 13.3 Å². The number of hydrogen-bond acceptors (Lipinski definition) is 4. The summed E-state index contributed by atoms with van der Waals surface area (Å²) in [7, 11) is 3.83. The maximum absolute atomic E-state index is 12.5. The lowest BCUT2D eigenvalue weighted by Gasteiger charge is -2.22. The van der Waals surface area contributed by atoms with E-state index in [0.29, 0.717) is 12.1 Å². The van der Waals surface area contributed by atoms with E-state index < -0.39 is 0 Å². The molecule has 1 amide bonds. The van der Waals surface area contributed by atoms with Crippen molar-refractivity contribution < 1.29 is 4.79 Å². The molecular weight excluding hydrogens is 240 g/mol. The summed E-state index contributed by atoms with van der Waals surface area (Å²) < 4.78 is 0. The second-order valence-corrected chi connectivity index (χ2v) is 5.79. The first-order chi connectivity index (χ1) is 8.95. The van der Waals surface area contributed by atoms with Crippen LogP contribution in [0.5, 0.6) is 0 Å². The maximum atomic E-state index is 12.5. The molecule has 5 heteroatoms. The first-order valence-corrected chi connectivity index (χ1v) is 6.58. The lowest BCUT2D eigenvalue weighted by atomic mass is 9.90. The van der Waals surface area contributed by atoms with Gasteiger partial charge in [0.15, 0.2) is 0 Å². The zero-order valence-corrected chi connectivity index (χ0v) is 11.9. The third-order valence-electron chi connectivity index (χ3n) is 3.79. The van der Waals surface area contributed by atoms with Crippen molar-refractivity contribution >= 4 is 11.7 Å². The Hall–Kier alpha value is -1.62. The predicted molar refractivity (Wildman–Crippen MR) is 76.2 cm³/mol. The van der Waals surface area contributed by atoms with Crippen LogP contribution in [0.1, 0.15) is 23.7 Å². The van der Waals surface area contributed by atoms with Gasteiger partial charge in [-0.15, -0.1) is 0 Å². The van der Waals surface area contributed by atoms with Crippen molar-refractivity contribution in [3.05, 3.63) is 23.9 Å². The van der Waals surface area contributed by atoms with Gasteiger partial charge < -0.3 is 15.5 Å². The predicted octanol–water partition coefficient (Wildman–Crippen LogP) is 0.958. The number of carbonyl (C=O) groups excluding carboxylic acids is 1. The lowest BCUT2D eigenvalue weighted by molar-refractivity contribution is 0.0777. The van der Waals surface area contributed by atoms with Crippen molar-refractivity contribution in [3.8, 4) is 0 Å². The number of carbonyl (C=O) groups is 1. The van der Waals surface area contributed by atoms with Crippen LogP contribution in [0.2, 0.25) is 0 Å². The number of nitrogens with two attached hydrogens (primary N) is 1. The van der Waals surface area contributed by atoms with Gasteiger partial charge in [-0.05, 0) is 30.5 Å². The zero-order chi connectivity index (χ0) is 14.0. The third kappa shape index (κ3) is 2.87. The van der Waals surface area contributed by atoms with Crippen molar-refractivity contribution in [1.29, 1.82) is 0 Å². The largest absolute Gasteiger partial charge is 0.363 e. The van der Waals surface area contributed by atoms with Gasteiger partial charge in [-0.1, -0.05) is 6.92 Å². The highest BCUT2D eigenvalue weighted by molar-refractivity contribution is 5.95. The fourth-order valence-corrected chi connectivity index (χ4v) is 2.34. The molecule has 0 radical (unpaired) electrons. The highest BCUT2D eigenvalue weighted by Gasteiger charge is 2.35. The zero-order valence-electron chi connectivity index (χ0n) is 11.9. The summed E-state index contributed by atoms with van der Waals surface area (Å²) in [6, 6.07) is 3.61. The molecule has 2 N–H and O–H groups in total. The summed E-state index contributed by atoms with van der Waals surface area (Å²) >= 11 is 0. The molecule has 2 heterocycles. The molecule has 19 heavy (non-hydrogen) atoms. The Morgan fingerprint density at radius 1 is 1.58 bits per heavy atom. The molecule has 2 rings (SSSR count). The fourth-order valence-electron chi connectivity index (χ4n) is 2.34. The molecule has 1 saturated heterocycles. The molecule has 0 spiro atoms. The SMILES string of the molecule is CN(C)c1cc(C(=O)N2CCC(C)(CN)C2)ccn1. The van der Waals surface area contributed by atoms with Gasteiger partial charge in [-0.25, -0.2) is 4.98 Å². The highest BCUT2D eigenvalue weighted by atomic mass is 16.2. The quantitative estimate of drug-likeness (QED) is 0.881. The van der Waals surface area contributed by atoms with E-state index >= 15 is 0 Å². The minimum absolute atomic E-state index is 0.0626. The van der Waals surface area contributed by atoms with Gasteiger partial charge >= 0.3 is 0 Å². The topological polar surface area (TPSA) is 62.5 Å². The summed E-state index contributed by atoms with van der Waals surface area (Å²) in [6.45, 7) is 4.28. The Bertz CT molecular complexity index is 474. The van der Waals surface area contributed by atoms with Crippen LogP contribution < -0.4 is 10.6 Å². The first-order valence-electron chi connectivity index (χ1n) is 6.58. The van der Waals surface area contributed by atoms with Gasteiger partial charge in [0.05, 0.1) is 0 Å². The number of pyridine rings is 1. The monoisotopic (exact) mass is 262 g/mol. The summed E-state index contributed by atoms with van der Waals surface area (Å²) in [4.78, 5) is 20.5. The number of amides is 1. The Labute approximate surface area is 114 Å². The number of likely N-dealkylation sites (tertiary alicyclic amines) is 1. The molecule has 1 aliphatic rings. The Kier molecular flexibility index (Phi) is 3.75. The number of rotatable bonds is 3. The van der Waals surface area contributed by atoms with Crippen molar-refractivity contribution in [1.82, 2.24) is 9.88 Å². The lowest BCUT2D eigenvalue weighted by Crippen LogP contribution is -2.34. The van der Waals surface area contributed by atoms with E-state index in [-0.39, 0.29) is 11.3 Å². The minimum Gasteiger partial charge on any atom is -0.363 e. The van der Waals surface area contributed by atoms with E-state index in [0.717, 1.165) is 25.3 Å². The molecule has 1 aromatic rings. The molecule has 104 valence electrons. The van der Waals surface area contributed by atoms with Crippen LogP contribution in [-0.4, -0.2) is 49.5 Å². The van der Waals surface area contributed by atoms with Crippen LogP contribution in [-0.2, 0) is 0 Å². The number of hydrogen-bond donors (Lipinski definition) is 1. The second kappa shape index (κ2) is 5.17. The molecule has 1 fully saturated rings. The molecule has 0 aliphatic carbocycles. The Morgan fingerprint density at radius 3 is 2.89 bits per heavy atom. The minimum atomic E-state index is 0.0626. The highest BCUT2D eigenvalue weighted by Crippen LogP contribution is 2.29. The van der Waals surface area contributed by atoms with Crippen molar-refractivity contribution in [2.75, 3.05) is 38.6 Å². The molecular formula is C14H22N4O. The van der Waals surface area contributed by atoms with E-state index in [4.69, 9.17) is 5.73 Å². The summed E-state index contributed by atoms with van der Waals surface area (Å²) in [6.07, 6.45) is 2.65. The average Bonchev–Trinajstić information content (AvgIpc) is 2.81. The molecule has 5 nitrogen and oxygen atoms in total. The fraction of sp³-hybridized carbons (Fsp3) is 0.571. The van der Waals surface area contributed by atoms with Crippen LogP contribution in [0.4, 0.5) is 5.82 Å². The smallest absolute Gasteiger partial charge is 0.254 e. The molecule has 1 unspecified atom stereocenters. The van der Waals surface area contributed by atoms with E-state index in [2.05, 4.69) is 11.9 Å². The molecule has 0 saturated carbocycles. The molecule has 0 aromatic carbocycles.